The molecule has 1 amide bonds. The topological polar surface area (TPSA) is 40.5 Å². The highest BCUT2D eigenvalue weighted by molar-refractivity contribution is 5.91. The van der Waals surface area contributed by atoms with E-state index in [1.165, 1.54) is 12.1 Å². The van der Waals surface area contributed by atoms with Crippen LogP contribution in [-0.2, 0) is 10.2 Å². The quantitative estimate of drug-likeness (QED) is 0.904. The molecule has 1 heterocycles. The number of halogens is 1. The lowest BCUT2D eigenvalue weighted by Gasteiger charge is -2.28. The maximum Gasteiger partial charge on any atom is 0.233 e. The van der Waals surface area contributed by atoms with E-state index in [0.29, 0.717) is 0 Å². The van der Waals surface area contributed by atoms with Crippen LogP contribution in [0.25, 0.3) is 0 Å². The highest BCUT2D eigenvalue weighted by Crippen LogP contribution is 2.50. The lowest BCUT2D eigenvalue weighted by atomic mass is 9.94. The first-order chi connectivity index (χ1) is 9.17. The number of carbonyl (C=O) groups is 1. The van der Waals surface area contributed by atoms with Crippen molar-refractivity contribution in [2.75, 3.05) is 13.2 Å². The molecule has 1 N–H and O–H groups in total. The fourth-order valence-electron chi connectivity index (χ4n) is 3.09. The number of carbonyl (C=O) groups excluding carboxylic acids is 1. The van der Waals surface area contributed by atoms with Crippen LogP contribution in [0.2, 0.25) is 0 Å². The molecule has 0 radical (unpaired) electrons. The third-order valence-corrected chi connectivity index (χ3v) is 4.40. The van der Waals surface area contributed by atoms with Gasteiger partial charge in [0.15, 0.2) is 0 Å². The van der Waals surface area contributed by atoms with Crippen molar-refractivity contribution in [3.05, 3.63) is 35.6 Å². The summed E-state index contributed by atoms with van der Waals surface area (Å²) in [6.07, 6.45) is 3.48. The van der Waals surface area contributed by atoms with Gasteiger partial charge in [0.25, 0.3) is 0 Å². The molecule has 1 aliphatic heterocycles. The monoisotopic (exact) mass is 263 g/mol. The van der Waals surface area contributed by atoms with Gasteiger partial charge < -0.3 is 10.0 Å². The second-order valence-corrected chi connectivity index (χ2v) is 5.57. The number of likely N-dealkylation sites (tertiary alicyclic amines) is 1. The maximum absolute atomic E-state index is 13.0. The number of benzene rings is 1. The Balaban J connectivity index is 1.84. The van der Waals surface area contributed by atoms with E-state index >= 15 is 0 Å². The van der Waals surface area contributed by atoms with Crippen molar-refractivity contribution >= 4 is 5.91 Å². The first kappa shape index (κ1) is 12.6. The number of hydrogen-bond acceptors (Lipinski definition) is 2. The van der Waals surface area contributed by atoms with Gasteiger partial charge in [-0.2, -0.15) is 0 Å². The van der Waals surface area contributed by atoms with Crippen molar-refractivity contribution in [2.24, 2.45) is 0 Å². The van der Waals surface area contributed by atoms with Crippen molar-refractivity contribution in [1.29, 1.82) is 0 Å². The fraction of sp³-hybridized carbons (Fsp3) is 0.533. The molecule has 1 aliphatic carbocycles. The van der Waals surface area contributed by atoms with Crippen molar-refractivity contribution in [1.82, 2.24) is 4.90 Å². The first-order valence-electron chi connectivity index (χ1n) is 6.85. The third kappa shape index (κ3) is 2.04. The number of nitrogens with zero attached hydrogens (tertiary/aromatic N) is 1. The van der Waals surface area contributed by atoms with Crippen molar-refractivity contribution in [2.45, 2.75) is 37.1 Å². The van der Waals surface area contributed by atoms with E-state index in [1.807, 2.05) is 4.90 Å². The van der Waals surface area contributed by atoms with Gasteiger partial charge in [0.2, 0.25) is 5.91 Å². The molecule has 3 nitrogen and oxygen atoms in total. The molecule has 4 heteroatoms. The average Bonchev–Trinajstić information content (AvgIpc) is 3.09. The lowest BCUT2D eigenvalue weighted by Crippen LogP contribution is -2.43. The Labute approximate surface area is 112 Å². The predicted molar refractivity (Wildman–Crippen MR) is 69.1 cm³/mol. The second kappa shape index (κ2) is 4.60. The lowest BCUT2D eigenvalue weighted by molar-refractivity contribution is -0.135. The van der Waals surface area contributed by atoms with Crippen LogP contribution < -0.4 is 0 Å². The summed E-state index contributed by atoms with van der Waals surface area (Å²) in [5.41, 5.74) is 0.452. The minimum absolute atomic E-state index is 0.0330. The van der Waals surface area contributed by atoms with Gasteiger partial charge in [-0.1, -0.05) is 12.1 Å². The Morgan fingerprint density at radius 1 is 1.37 bits per heavy atom. The summed E-state index contributed by atoms with van der Waals surface area (Å²) >= 11 is 0. The number of aliphatic hydroxyl groups is 1. The molecular weight excluding hydrogens is 245 g/mol. The summed E-state index contributed by atoms with van der Waals surface area (Å²) in [6, 6.07) is 6.21. The van der Waals surface area contributed by atoms with Crippen LogP contribution in [0, 0.1) is 5.82 Å². The Kier molecular flexibility index (Phi) is 3.05. The molecule has 0 aromatic heterocycles. The molecule has 2 aliphatic rings. The van der Waals surface area contributed by atoms with Crippen molar-refractivity contribution < 1.29 is 14.3 Å². The maximum atomic E-state index is 13.0. The standard InChI is InChI=1S/C15H18FNO2/c16-12-5-3-11(4-6-12)15(7-8-15)14(19)17-9-1-2-13(17)10-18/h3-6,13,18H,1-2,7-10H2/t13-/m1/s1. The van der Waals surface area contributed by atoms with Gasteiger partial charge in [0, 0.05) is 6.54 Å². The van der Waals surface area contributed by atoms with Crippen molar-refractivity contribution in [3.8, 4) is 0 Å². The van der Waals surface area contributed by atoms with E-state index in [2.05, 4.69) is 0 Å². The minimum Gasteiger partial charge on any atom is -0.394 e. The van der Waals surface area contributed by atoms with E-state index in [-0.39, 0.29) is 24.4 Å². The molecule has 0 bridgehead atoms. The summed E-state index contributed by atoms with van der Waals surface area (Å²) in [5.74, 6) is -0.169. The summed E-state index contributed by atoms with van der Waals surface area (Å²) in [7, 11) is 0. The number of rotatable bonds is 3. The van der Waals surface area contributed by atoms with E-state index in [4.69, 9.17) is 0 Å². The number of aliphatic hydroxyl groups excluding tert-OH is 1. The van der Waals surface area contributed by atoms with Gasteiger partial charge in [0.1, 0.15) is 5.82 Å². The van der Waals surface area contributed by atoms with Crippen LogP contribution in [0.5, 0.6) is 0 Å². The van der Waals surface area contributed by atoms with Crippen molar-refractivity contribution in [3.63, 3.8) is 0 Å². The van der Waals surface area contributed by atoms with Gasteiger partial charge in [-0.05, 0) is 43.4 Å². The number of amides is 1. The number of hydrogen-bond donors (Lipinski definition) is 1. The van der Waals surface area contributed by atoms with Crippen LogP contribution >= 0.6 is 0 Å². The Hall–Kier alpha value is -1.42. The largest absolute Gasteiger partial charge is 0.394 e. The highest BCUT2D eigenvalue weighted by atomic mass is 19.1. The molecular formula is C15H18FNO2. The SMILES string of the molecule is O=C(N1CCC[C@@H]1CO)C1(c2ccc(F)cc2)CC1. The Morgan fingerprint density at radius 3 is 2.63 bits per heavy atom. The Bertz CT molecular complexity index is 481. The molecule has 1 saturated carbocycles. The zero-order chi connectivity index (χ0) is 13.5. The molecule has 102 valence electrons. The highest BCUT2D eigenvalue weighted by Gasteiger charge is 2.54. The smallest absolute Gasteiger partial charge is 0.233 e. The molecule has 0 spiro atoms. The zero-order valence-corrected chi connectivity index (χ0v) is 10.8. The Morgan fingerprint density at radius 2 is 2.05 bits per heavy atom. The van der Waals surface area contributed by atoms with E-state index in [1.54, 1.807) is 12.1 Å². The van der Waals surface area contributed by atoms with Crippen LogP contribution in [0.4, 0.5) is 4.39 Å². The molecule has 0 unspecified atom stereocenters. The van der Waals surface area contributed by atoms with Gasteiger partial charge in [-0.15, -0.1) is 0 Å². The summed E-state index contributed by atoms with van der Waals surface area (Å²) in [5, 5.41) is 9.33. The van der Waals surface area contributed by atoms with Gasteiger partial charge >= 0.3 is 0 Å². The van der Waals surface area contributed by atoms with E-state index in [0.717, 1.165) is 37.8 Å². The summed E-state index contributed by atoms with van der Waals surface area (Å²) in [6.45, 7) is 0.762. The predicted octanol–water partition coefficient (Wildman–Crippen LogP) is 1.84. The molecule has 1 aromatic rings. The summed E-state index contributed by atoms with van der Waals surface area (Å²) < 4.78 is 13.0. The second-order valence-electron chi connectivity index (χ2n) is 5.57. The zero-order valence-electron chi connectivity index (χ0n) is 10.8. The van der Waals surface area contributed by atoms with Crippen LogP contribution in [-0.4, -0.2) is 35.1 Å². The van der Waals surface area contributed by atoms with Crippen LogP contribution in [0.3, 0.4) is 0 Å². The van der Waals surface area contributed by atoms with Gasteiger partial charge in [-0.3, -0.25) is 4.79 Å². The molecule has 1 aromatic carbocycles. The van der Waals surface area contributed by atoms with E-state index in [9.17, 15) is 14.3 Å². The van der Waals surface area contributed by atoms with Gasteiger partial charge in [-0.25, -0.2) is 4.39 Å². The third-order valence-electron chi connectivity index (χ3n) is 4.40. The van der Waals surface area contributed by atoms with E-state index < -0.39 is 5.41 Å². The molecule has 1 saturated heterocycles. The molecule has 1 atom stereocenters. The van der Waals surface area contributed by atoms with Gasteiger partial charge in [0.05, 0.1) is 18.1 Å². The molecule has 2 fully saturated rings. The molecule has 19 heavy (non-hydrogen) atoms. The van der Waals surface area contributed by atoms with Crippen LogP contribution in [0.15, 0.2) is 24.3 Å². The first-order valence-corrected chi connectivity index (χ1v) is 6.85. The average molecular weight is 263 g/mol. The molecule has 3 rings (SSSR count). The minimum atomic E-state index is -0.453. The van der Waals surface area contributed by atoms with Crippen LogP contribution in [0.1, 0.15) is 31.2 Å². The fourth-order valence-corrected chi connectivity index (χ4v) is 3.09. The summed E-state index contributed by atoms with van der Waals surface area (Å²) in [4.78, 5) is 14.5. The normalized spacial score (nSPS) is 24.5.